The van der Waals surface area contributed by atoms with Crippen LogP contribution in [0.15, 0.2) is 67.1 Å². The van der Waals surface area contributed by atoms with Gasteiger partial charge in [-0.15, -0.1) is 0 Å². The highest BCUT2D eigenvalue weighted by Gasteiger charge is 2.06. The van der Waals surface area contributed by atoms with Gasteiger partial charge in [-0.2, -0.15) is 0 Å². The first kappa shape index (κ1) is 17.9. The Morgan fingerprint density at radius 1 is 1.04 bits per heavy atom. The van der Waals surface area contributed by atoms with Gasteiger partial charge < -0.3 is 10.6 Å². The number of carbonyl (C=O) groups excluding carboxylic acids is 1. The van der Waals surface area contributed by atoms with Crippen LogP contribution >= 0.6 is 11.6 Å². The number of nitrogens with zero attached hydrogens (tertiary/aromatic N) is 2. The molecule has 0 saturated heterocycles. The van der Waals surface area contributed by atoms with Crippen molar-refractivity contribution in [3.63, 3.8) is 0 Å². The molecule has 0 aliphatic carbocycles. The lowest BCUT2D eigenvalue weighted by molar-refractivity contribution is 0.0954. The van der Waals surface area contributed by atoms with E-state index in [-0.39, 0.29) is 5.91 Å². The summed E-state index contributed by atoms with van der Waals surface area (Å²) in [7, 11) is 0. The maximum absolute atomic E-state index is 12.2. The second-order valence-electron chi connectivity index (χ2n) is 5.78. The van der Waals surface area contributed by atoms with Crippen molar-refractivity contribution in [1.82, 2.24) is 15.3 Å². The number of anilines is 1. The highest BCUT2D eigenvalue weighted by Crippen LogP contribution is 2.11. The molecule has 6 heteroatoms. The van der Waals surface area contributed by atoms with Gasteiger partial charge in [-0.25, -0.2) is 4.98 Å². The molecular weight excluding hydrogens is 348 g/mol. The molecular formula is C20H19ClN4O. The number of pyridine rings is 2. The molecule has 0 unspecified atom stereocenters. The third kappa shape index (κ3) is 5.29. The van der Waals surface area contributed by atoms with Gasteiger partial charge in [-0.1, -0.05) is 29.8 Å². The highest BCUT2D eigenvalue weighted by atomic mass is 35.5. The number of rotatable bonds is 7. The first-order valence-electron chi connectivity index (χ1n) is 8.32. The van der Waals surface area contributed by atoms with Crippen molar-refractivity contribution in [1.29, 1.82) is 0 Å². The second-order valence-corrected chi connectivity index (χ2v) is 6.22. The minimum atomic E-state index is -0.140. The summed E-state index contributed by atoms with van der Waals surface area (Å²) in [6.07, 6.45) is 5.83. The number of aromatic nitrogens is 2. The van der Waals surface area contributed by atoms with Crippen molar-refractivity contribution in [3.05, 3.63) is 88.8 Å². The quantitative estimate of drug-likeness (QED) is 0.668. The molecule has 0 aliphatic rings. The summed E-state index contributed by atoms with van der Waals surface area (Å²) in [5.41, 5.74) is 2.69. The van der Waals surface area contributed by atoms with Crippen molar-refractivity contribution in [2.24, 2.45) is 0 Å². The Morgan fingerprint density at radius 2 is 1.92 bits per heavy atom. The predicted molar refractivity (Wildman–Crippen MR) is 103 cm³/mol. The van der Waals surface area contributed by atoms with E-state index in [0.717, 1.165) is 17.5 Å². The number of nitrogens with one attached hydrogen (secondary N) is 2. The maximum atomic E-state index is 12.2. The molecule has 5 nitrogen and oxygen atoms in total. The van der Waals surface area contributed by atoms with Gasteiger partial charge in [0.25, 0.3) is 5.91 Å². The van der Waals surface area contributed by atoms with E-state index in [9.17, 15) is 4.79 Å². The van der Waals surface area contributed by atoms with Crippen LogP contribution in [0.1, 0.15) is 21.5 Å². The summed E-state index contributed by atoms with van der Waals surface area (Å²) < 4.78 is 0. The summed E-state index contributed by atoms with van der Waals surface area (Å²) in [6, 6.07) is 15.1. The van der Waals surface area contributed by atoms with E-state index < -0.39 is 0 Å². The number of hydrogen-bond donors (Lipinski definition) is 2. The van der Waals surface area contributed by atoms with E-state index in [0.29, 0.717) is 29.5 Å². The van der Waals surface area contributed by atoms with Crippen LogP contribution in [0.2, 0.25) is 5.02 Å². The first-order valence-corrected chi connectivity index (χ1v) is 8.70. The van der Waals surface area contributed by atoms with Crippen LogP contribution in [-0.2, 0) is 13.0 Å². The monoisotopic (exact) mass is 366 g/mol. The maximum Gasteiger partial charge on any atom is 0.252 e. The Morgan fingerprint density at radius 3 is 2.65 bits per heavy atom. The van der Waals surface area contributed by atoms with Gasteiger partial charge in [0.2, 0.25) is 0 Å². The fourth-order valence-electron chi connectivity index (χ4n) is 2.44. The smallest absolute Gasteiger partial charge is 0.252 e. The Kier molecular flexibility index (Phi) is 6.17. The van der Waals surface area contributed by atoms with Crippen molar-refractivity contribution in [3.8, 4) is 0 Å². The molecule has 0 saturated carbocycles. The lowest BCUT2D eigenvalue weighted by Gasteiger charge is -2.08. The van der Waals surface area contributed by atoms with Crippen molar-refractivity contribution >= 4 is 23.3 Å². The normalized spacial score (nSPS) is 10.3. The van der Waals surface area contributed by atoms with Gasteiger partial charge in [0.15, 0.2) is 0 Å². The summed E-state index contributed by atoms with van der Waals surface area (Å²) in [6.45, 7) is 1.17. The van der Waals surface area contributed by atoms with Gasteiger partial charge in [-0.3, -0.25) is 9.78 Å². The molecule has 3 rings (SSSR count). The summed E-state index contributed by atoms with van der Waals surface area (Å²) in [4.78, 5) is 20.5. The summed E-state index contributed by atoms with van der Waals surface area (Å²) in [5.74, 6) is 0.572. The van der Waals surface area contributed by atoms with E-state index >= 15 is 0 Å². The molecule has 132 valence electrons. The van der Waals surface area contributed by atoms with Crippen LogP contribution < -0.4 is 10.6 Å². The fourth-order valence-corrected chi connectivity index (χ4v) is 2.66. The number of hydrogen-bond acceptors (Lipinski definition) is 4. The molecule has 0 fully saturated rings. The van der Waals surface area contributed by atoms with Crippen LogP contribution in [0.25, 0.3) is 0 Å². The van der Waals surface area contributed by atoms with Gasteiger partial charge in [0.05, 0.1) is 5.56 Å². The van der Waals surface area contributed by atoms with Gasteiger partial charge in [-0.05, 0) is 47.9 Å². The molecule has 0 radical (unpaired) electrons. The van der Waals surface area contributed by atoms with Gasteiger partial charge >= 0.3 is 0 Å². The average molecular weight is 367 g/mol. The second kappa shape index (κ2) is 8.97. The molecule has 26 heavy (non-hydrogen) atoms. The van der Waals surface area contributed by atoms with Crippen LogP contribution in [0.4, 0.5) is 5.82 Å². The van der Waals surface area contributed by atoms with Gasteiger partial charge in [0, 0.05) is 36.7 Å². The Hall–Kier alpha value is -2.92. The predicted octanol–water partition coefficient (Wildman–Crippen LogP) is 3.71. The molecule has 0 atom stereocenters. The van der Waals surface area contributed by atoms with Crippen molar-refractivity contribution in [2.75, 3.05) is 11.9 Å². The molecule has 1 amide bonds. The number of carbonyl (C=O) groups is 1. The number of halogens is 1. The van der Waals surface area contributed by atoms with E-state index in [2.05, 4.69) is 20.6 Å². The molecule has 2 N–H and O–H groups in total. The van der Waals surface area contributed by atoms with E-state index in [4.69, 9.17) is 11.6 Å². The average Bonchev–Trinajstić information content (AvgIpc) is 2.67. The fraction of sp³-hybridized carbons (Fsp3) is 0.150. The number of benzene rings is 1. The van der Waals surface area contributed by atoms with E-state index in [1.54, 1.807) is 30.7 Å². The zero-order valence-electron chi connectivity index (χ0n) is 14.2. The zero-order chi connectivity index (χ0) is 18.2. The third-order valence-corrected chi connectivity index (χ3v) is 4.05. The van der Waals surface area contributed by atoms with E-state index in [1.807, 2.05) is 36.4 Å². The minimum absolute atomic E-state index is 0.140. The van der Waals surface area contributed by atoms with E-state index in [1.165, 1.54) is 0 Å². The van der Waals surface area contributed by atoms with Gasteiger partial charge in [0.1, 0.15) is 5.82 Å². The molecule has 2 aromatic heterocycles. The SMILES string of the molecule is O=C(NCCc1cccc(Cl)c1)c1ccc(NCc2cccnc2)nc1. The minimum Gasteiger partial charge on any atom is -0.366 e. The van der Waals surface area contributed by atoms with Crippen LogP contribution in [0.5, 0.6) is 0 Å². The Balaban J connectivity index is 1.47. The third-order valence-electron chi connectivity index (χ3n) is 3.81. The lowest BCUT2D eigenvalue weighted by Crippen LogP contribution is -2.25. The molecule has 3 aromatic rings. The lowest BCUT2D eigenvalue weighted by atomic mass is 10.1. The van der Waals surface area contributed by atoms with Crippen LogP contribution in [0.3, 0.4) is 0 Å². The topological polar surface area (TPSA) is 66.9 Å². The standard InChI is InChI=1S/C20H19ClN4O/c21-18-5-1-3-15(11-18)8-10-23-20(26)17-6-7-19(25-14-17)24-13-16-4-2-9-22-12-16/h1-7,9,11-12,14H,8,10,13H2,(H,23,26)(H,24,25). The first-order chi connectivity index (χ1) is 12.7. The molecule has 0 bridgehead atoms. The Bertz CT molecular complexity index is 853. The van der Waals surface area contributed by atoms with Crippen LogP contribution in [-0.4, -0.2) is 22.4 Å². The van der Waals surface area contributed by atoms with Crippen molar-refractivity contribution in [2.45, 2.75) is 13.0 Å². The molecule has 0 spiro atoms. The highest BCUT2D eigenvalue weighted by molar-refractivity contribution is 6.30. The summed E-state index contributed by atoms with van der Waals surface area (Å²) in [5, 5.41) is 6.80. The molecule has 0 aliphatic heterocycles. The van der Waals surface area contributed by atoms with Crippen LogP contribution in [0, 0.1) is 0 Å². The van der Waals surface area contributed by atoms with Crippen molar-refractivity contribution < 1.29 is 4.79 Å². The molecule has 2 heterocycles. The zero-order valence-corrected chi connectivity index (χ0v) is 14.9. The Labute approximate surface area is 157 Å². The largest absolute Gasteiger partial charge is 0.366 e. The molecule has 1 aromatic carbocycles. The summed E-state index contributed by atoms with van der Waals surface area (Å²) >= 11 is 5.96. The number of amides is 1.